The van der Waals surface area contributed by atoms with Gasteiger partial charge in [-0.1, -0.05) is 30.3 Å². The smallest absolute Gasteiger partial charge is 0.254 e. The van der Waals surface area contributed by atoms with E-state index < -0.39 is 0 Å². The number of rotatable bonds is 3. The number of benzene rings is 3. The van der Waals surface area contributed by atoms with Gasteiger partial charge in [-0.25, -0.2) is 9.37 Å². The summed E-state index contributed by atoms with van der Waals surface area (Å²) in [6, 6.07) is 22.8. The summed E-state index contributed by atoms with van der Waals surface area (Å²) >= 11 is 0. The predicted molar refractivity (Wildman–Crippen MR) is 123 cm³/mol. The molecule has 0 spiro atoms. The number of piperazine rings is 1. The molecule has 5 rings (SSSR count). The van der Waals surface area contributed by atoms with Crippen LogP contribution >= 0.6 is 0 Å². The molecule has 6 heteroatoms. The van der Waals surface area contributed by atoms with Gasteiger partial charge in [-0.05, 0) is 48.5 Å². The van der Waals surface area contributed by atoms with Crippen LogP contribution in [-0.2, 0) is 0 Å². The third-order valence-corrected chi connectivity index (χ3v) is 5.88. The number of anilines is 1. The number of carbonyl (C=O) groups is 1. The van der Waals surface area contributed by atoms with Gasteiger partial charge in [0.25, 0.3) is 5.91 Å². The Balaban J connectivity index is 1.44. The number of para-hydroxylation sites is 3. The van der Waals surface area contributed by atoms with Crippen LogP contribution in [0.3, 0.4) is 0 Å². The van der Waals surface area contributed by atoms with Gasteiger partial charge in [-0.3, -0.25) is 4.79 Å². The Bertz CT molecular complexity index is 1280. The second kappa shape index (κ2) is 8.30. The van der Waals surface area contributed by atoms with Crippen molar-refractivity contribution < 1.29 is 14.3 Å². The van der Waals surface area contributed by atoms with Crippen molar-refractivity contribution in [3.63, 3.8) is 0 Å². The van der Waals surface area contributed by atoms with E-state index in [1.165, 1.54) is 12.1 Å². The predicted octanol–water partition coefficient (Wildman–Crippen LogP) is 4.71. The number of amides is 1. The van der Waals surface area contributed by atoms with Crippen molar-refractivity contribution >= 4 is 22.5 Å². The molecule has 0 bridgehead atoms. The summed E-state index contributed by atoms with van der Waals surface area (Å²) < 4.78 is 13.4. The van der Waals surface area contributed by atoms with Crippen LogP contribution in [-0.4, -0.2) is 47.1 Å². The first-order valence-electron chi connectivity index (χ1n) is 10.6. The average molecular weight is 427 g/mol. The van der Waals surface area contributed by atoms with Gasteiger partial charge in [0, 0.05) is 37.1 Å². The Labute approximate surface area is 185 Å². The molecule has 0 aliphatic carbocycles. The van der Waals surface area contributed by atoms with Gasteiger partial charge in [-0.2, -0.15) is 0 Å². The molecular weight excluding hydrogens is 405 g/mol. The summed E-state index contributed by atoms with van der Waals surface area (Å²) in [5.74, 6) is -0.117. The van der Waals surface area contributed by atoms with E-state index in [1.807, 2.05) is 41.3 Å². The second-order valence-corrected chi connectivity index (χ2v) is 7.85. The molecule has 1 aromatic heterocycles. The number of nitrogens with zero attached hydrogens (tertiary/aromatic N) is 3. The van der Waals surface area contributed by atoms with Gasteiger partial charge in [0.05, 0.1) is 22.5 Å². The summed E-state index contributed by atoms with van der Waals surface area (Å²) in [4.78, 5) is 22.2. The van der Waals surface area contributed by atoms with Crippen LogP contribution in [0.25, 0.3) is 22.2 Å². The van der Waals surface area contributed by atoms with Crippen molar-refractivity contribution in [3.8, 4) is 17.0 Å². The minimum absolute atomic E-state index is 0.0519. The largest absolute Gasteiger partial charge is 0.506 e. The first-order valence-corrected chi connectivity index (χ1v) is 10.6. The maximum atomic E-state index is 13.5. The van der Waals surface area contributed by atoms with Crippen molar-refractivity contribution in [1.29, 1.82) is 0 Å². The Hall–Kier alpha value is -3.93. The summed E-state index contributed by atoms with van der Waals surface area (Å²) in [5.41, 5.74) is 3.50. The first kappa shape index (κ1) is 20.0. The van der Waals surface area contributed by atoms with Crippen LogP contribution in [0.2, 0.25) is 0 Å². The topological polar surface area (TPSA) is 56.7 Å². The molecular formula is C26H22FN3O2. The van der Waals surface area contributed by atoms with Gasteiger partial charge in [0.15, 0.2) is 0 Å². The van der Waals surface area contributed by atoms with Gasteiger partial charge in [0.1, 0.15) is 11.6 Å². The van der Waals surface area contributed by atoms with E-state index in [4.69, 9.17) is 4.98 Å². The molecule has 4 aromatic rings. The van der Waals surface area contributed by atoms with Gasteiger partial charge >= 0.3 is 0 Å². The lowest BCUT2D eigenvalue weighted by Gasteiger charge is -2.36. The number of aromatic hydroxyl groups is 1. The third-order valence-electron chi connectivity index (χ3n) is 5.88. The maximum absolute atomic E-state index is 13.5. The summed E-state index contributed by atoms with van der Waals surface area (Å²) in [7, 11) is 0. The van der Waals surface area contributed by atoms with Crippen LogP contribution in [0.1, 0.15) is 10.4 Å². The molecule has 3 aromatic carbocycles. The molecule has 32 heavy (non-hydrogen) atoms. The molecule has 0 atom stereocenters. The number of phenols is 1. The van der Waals surface area contributed by atoms with Gasteiger partial charge < -0.3 is 14.9 Å². The number of fused-ring (bicyclic) bond motifs is 1. The van der Waals surface area contributed by atoms with Crippen molar-refractivity contribution in [2.75, 3.05) is 31.1 Å². The zero-order valence-corrected chi connectivity index (χ0v) is 17.4. The van der Waals surface area contributed by atoms with E-state index in [9.17, 15) is 14.3 Å². The van der Waals surface area contributed by atoms with E-state index in [-0.39, 0.29) is 17.5 Å². The number of carbonyl (C=O) groups excluding carboxylic acids is 1. The number of pyridine rings is 1. The fourth-order valence-electron chi connectivity index (χ4n) is 4.17. The zero-order valence-electron chi connectivity index (χ0n) is 17.4. The quantitative estimate of drug-likeness (QED) is 0.515. The molecule has 2 heterocycles. The summed E-state index contributed by atoms with van der Waals surface area (Å²) in [6.45, 7) is 2.37. The van der Waals surface area contributed by atoms with Crippen LogP contribution < -0.4 is 4.90 Å². The monoisotopic (exact) mass is 427 g/mol. The third kappa shape index (κ3) is 3.75. The lowest BCUT2D eigenvalue weighted by Crippen LogP contribution is -2.48. The minimum atomic E-state index is -0.312. The molecule has 1 saturated heterocycles. The number of halogens is 1. The Morgan fingerprint density at radius 2 is 1.56 bits per heavy atom. The number of hydrogen-bond acceptors (Lipinski definition) is 4. The molecule has 1 N–H and O–H groups in total. The molecule has 0 saturated carbocycles. The normalized spacial score (nSPS) is 14.0. The number of phenolic OH excluding ortho intramolecular Hbond substituents is 1. The molecule has 1 aliphatic heterocycles. The van der Waals surface area contributed by atoms with Gasteiger partial charge in [-0.15, -0.1) is 0 Å². The highest BCUT2D eigenvalue weighted by Crippen LogP contribution is 2.29. The van der Waals surface area contributed by atoms with Crippen LogP contribution in [0.4, 0.5) is 10.1 Å². The molecule has 0 unspecified atom stereocenters. The number of aromatic nitrogens is 1. The van der Waals surface area contributed by atoms with E-state index in [1.54, 1.807) is 30.3 Å². The molecule has 1 amide bonds. The Kier molecular flexibility index (Phi) is 5.19. The molecule has 1 fully saturated rings. The van der Waals surface area contributed by atoms with E-state index >= 15 is 0 Å². The summed E-state index contributed by atoms with van der Waals surface area (Å²) in [6.07, 6.45) is 0. The summed E-state index contributed by atoms with van der Waals surface area (Å²) in [5, 5.41) is 10.9. The molecule has 5 nitrogen and oxygen atoms in total. The van der Waals surface area contributed by atoms with Crippen LogP contribution in [0.5, 0.6) is 5.75 Å². The van der Waals surface area contributed by atoms with Crippen LogP contribution in [0.15, 0.2) is 78.9 Å². The lowest BCUT2D eigenvalue weighted by atomic mass is 10.0. The minimum Gasteiger partial charge on any atom is -0.506 e. The standard InChI is InChI=1S/C26H22FN3O2/c27-19-11-9-18(10-12-19)23-17-21(20-5-1-2-6-22(20)28-23)26(32)30-15-13-29(14-16-30)24-7-3-4-8-25(24)31/h1-12,17,31H,13-16H2. The highest BCUT2D eigenvalue weighted by atomic mass is 19.1. The van der Waals surface area contributed by atoms with E-state index in [0.717, 1.165) is 22.2 Å². The fraction of sp³-hybridized carbons (Fsp3) is 0.154. The van der Waals surface area contributed by atoms with E-state index in [0.29, 0.717) is 37.4 Å². The van der Waals surface area contributed by atoms with Crippen molar-refractivity contribution in [2.24, 2.45) is 0 Å². The van der Waals surface area contributed by atoms with Crippen molar-refractivity contribution in [1.82, 2.24) is 9.88 Å². The first-order chi connectivity index (χ1) is 15.6. The SMILES string of the molecule is O=C(c1cc(-c2ccc(F)cc2)nc2ccccc12)N1CCN(c2ccccc2O)CC1. The highest BCUT2D eigenvalue weighted by molar-refractivity contribution is 6.07. The van der Waals surface area contributed by atoms with Crippen molar-refractivity contribution in [2.45, 2.75) is 0 Å². The fourth-order valence-corrected chi connectivity index (χ4v) is 4.17. The highest BCUT2D eigenvalue weighted by Gasteiger charge is 2.25. The maximum Gasteiger partial charge on any atom is 0.254 e. The average Bonchev–Trinajstić information content (AvgIpc) is 2.84. The number of hydrogen-bond donors (Lipinski definition) is 1. The second-order valence-electron chi connectivity index (χ2n) is 7.85. The van der Waals surface area contributed by atoms with E-state index in [2.05, 4.69) is 4.90 Å². The van der Waals surface area contributed by atoms with Crippen molar-refractivity contribution in [3.05, 3.63) is 90.2 Å². The zero-order chi connectivity index (χ0) is 22.1. The van der Waals surface area contributed by atoms with Gasteiger partial charge in [0.2, 0.25) is 0 Å². The van der Waals surface area contributed by atoms with Crippen LogP contribution in [0, 0.1) is 5.82 Å². The molecule has 1 aliphatic rings. The Morgan fingerprint density at radius 1 is 0.875 bits per heavy atom. The lowest BCUT2D eigenvalue weighted by molar-refractivity contribution is 0.0748. The molecule has 0 radical (unpaired) electrons. The molecule has 160 valence electrons. The Morgan fingerprint density at radius 3 is 2.31 bits per heavy atom.